The van der Waals surface area contributed by atoms with Gasteiger partial charge in [0.2, 0.25) is 0 Å². The van der Waals surface area contributed by atoms with Gasteiger partial charge in [-0.15, -0.1) is 21.5 Å². The summed E-state index contributed by atoms with van der Waals surface area (Å²) in [5, 5.41) is 12.8. The lowest BCUT2D eigenvalue weighted by Gasteiger charge is -2.03. The molecule has 4 nitrogen and oxygen atoms in total. The second-order valence-corrected chi connectivity index (χ2v) is 8.13. The number of halogens is 1. The Morgan fingerprint density at radius 2 is 2.05 bits per heavy atom. The summed E-state index contributed by atoms with van der Waals surface area (Å²) in [4.78, 5) is 4.57. The molecule has 0 fully saturated rings. The molecule has 0 spiro atoms. The van der Waals surface area contributed by atoms with E-state index in [2.05, 4.69) is 20.6 Å². The highest BCUT2D eigenvalue weighted by atomic mass is 35.5. The molecule has 0 aliphatic rings. The number of hydrogen-bond donors (Lipinski definition) is 0. The quantitative estimate of drug-likeness (QED) is 0.582. The van der Waals surface area contributed by atoms with Crippen LogP contribution >= 0.6 is 46.0 Å². The average molecular weight is 370 g/mol. The minimum Gasteiger partial charge on any atom is -0.486 e. The number of hydrogen-bond acceptors (Lipinski definition) is 7. The van der Waals surface area contributed by atoms with Crippen LogP contribution in [0.3, 0.4) is 0 Å². The minimum atomic E-state index is 0.467. The molecule has 2 aromatic heterocycles. The van der Waals surface area contributed by atoms with Crippen molar-refractivity contribution in [3.63, 3.8) is 0 Å². The molecule has 3 rings (SSSR count). The number of thioether (sulfide) groups is 1. The van der Waals surface area contributed by atoms with Crippen LogP contribution in [0.15, 0.2) is 34.0 Å². The van der Waals surface area contributed by atoms with Crippen molar-refractivity contribution in [2.75, 3.05) is 0 Å². The zero-order chi connectivity index (χ0) is 15.4. The number of nitrogens with zero attached hydrogens (tertiary/aromatic N) is 3. The molecular weight excluding hydrogens is 358 g/mol. The summed E-state index contributed by atoms with van der Waals surface area (Å²) in [6.07, 6.45) is 0. The van der Waals surface area contributed by atoms with Gasteiger partial charge in [-0.2, -0.15) is 0 Å². The van der Waals surface area contributed by atoms with Gasteiger partial charge in [0, 0.05) is 16.2 Å². The number of thiazole rings is 1. The molecule has 22 heavy (non-hydrogen) atoms. The molecule has 0 aliphatic heterocycles. The Labute approximate surface area is 145 Å². The molecular formula is C14H12ClN3OS3. The first-order valence-electron chi connectivity index (χ1n) is 6.43. The van der Waals surface area contributed by atoms with Crippen molar-refractivity contribution < 1.29 is 4.74 Å². The van der Waals surface area contributed by atoms with E-state index in [-0.39, 0.29) is 0 Å². The Bertz CT molecular complexity index is 742. The normalized spacial score (nSPS) is 10.8. The van der Waals surface area contributed by atoms with Crippen LogP contribution < -0.4 is 4.74 Å². The molecule has 0 saturated heterocycles. The van der Waals surface area contributed by atoms with Crippen molar-refractivity contribution in [3.05, 3.63) is 50.4 Å². The van der Waals surface area contributed by atoms with Gasteiger partial charge in [-0.3, -0.25) is 0 Å². The van der Waals surface area contributed by atoms with E-state index in [4.69, 9.17) is 16.3 Å². The predicted molar refractivity (Wildman–Crippen MR) is 92.1 cm³/mol. The first-order chi connectivity index (χ1) is 10.7. The topological polar surface area (TPSA) is 47.9 Å². The monoisotopic (exact) mass is 369 g/mol. The first kappa shape index (κ1) is 15.7. The molecule has 3 aromatic rings. The molecule has 0 aliphatic carbocycles. The maximum atomic E-state index is 5.84. The van der Waals surface area contributed by atoms with Gasteiger partial charge in [-0.1, -0.05) is 34.7 Å². The molecule has 114 valence electrons. The van der Waals surface area contributed by atoms with Crippen molar-refractivity contribution in [2.45, 2.75) is 23.6 Å². The van der Waals surface area contributed by atoms with E-state index in [0.29, 0.717) is 11.6 Å². The lowest BCUT2D eigenvalue weighted by Crippen LogP contribution is -1.95. The number of rotatable bonds is 6. The average Bonchev–Trinajstić information content (AvgIpc) is 3.13. The Morgan fingerprint density at radius 3 is 2.77 bits per heavy atom. The molecule has 0 radical (unpaired) electrons. The van der Waals surface area contributed by atoms with Gasteiger partial charge in [-0.05, 0) is 31.2 Å². The van der Waals surface area contributed by atoms with Crippen LogP contribution in [0.4, 0.5) is 0 Å². The Morgan fingerprint density at radius 1 is 1.23 bits per heavy atom. The standard InChI is InChI=1S/C14H12ClN3OS3/c1-9-17-18-14(22-9)21-8-11-7-20-13(16-11)6-19-12-4-2-10(15)3-5-12/h2-5,7H,6,8H2,1H3. The summed E-state index contributed by atoms with van der Waals surface area (Å²) < 4.78 is 6.67. The van der Waals surface area contributed by atoms with Gasteiger partial charge in [-0.25, -0.2) is 4.98 Å². The van der Waals surface area contributed by atoms with Gasteiger partial charge in [0.1, 0.15) is 22.4 Å². The van der Waals surface area contributed by atoms with Crippen molar-refractivity contribution in [1.82, 2.24) is 15.2 Å². The van der Waals surface area contributed by atoms with Crippen molar-refractivity contribution >= 4 is 46.0 Å². The maximum Gasteiger partial charge on any atom is 0.174 e. The SMILES string of the molecule is Cc1nnc(SCc2csc(COc3ccc(Cl)cc3)n2)s1. The minimum absolute atomic E-state index is 0.467. The van der Waals surface area contributed by atoms with E-state index < -0.39 is 0 Å². The van der Waals surface area contributed by atoms with E-state index in [1.165, 1.54) is 0 Å². The van der Waals surface area contributed by atoms with Crippen LogP contribution in [-0.2, 0) is 12.4 Å². The third kappa shape index (κ3) is 4.42. The smallest absolute Gasteiger partial charge is 0.174 e. The highest BCUT2D eigenvalue weighted by Gasteiger charge is 2.06. The predicted octanol–water partition coefficient (Wildman–Crippen LogP) is 4.83. The summed E-state index contributed by atoms with van der Waals surface area (Å²) in [5.41, 5.74) is 1.04. The summed E-state index contributed by atoms with van der Waals surface area (Å²) >= 11 is 10.7. The number of aromatic nitrogens is 3. The first-order valence-corrected chi connectivity index (χ1v) is 9.49. The van der Waals surface area contributed by atoms with E-state index >= 15 is 0 Å². The van der Waals surface area contributed by atoms with Gasteiger partial charge in [0.05, 0.1) is 5.69 Å². The second kappa shape index (κ2) is 7.41. The molecule has 1 aromatic carbocycles. The Hall–Kier alpha value is -1.15. The number of benzene rings is 1. The zero-order valence-corrected chi connectivity index (χ0v) is 14.9. The Balaban J connectivity index is 1.51. The molecule has 0 N–H and O–H groups in total. The molecule has 0 unspecified atom stereocenters. The highest BCUT2D eigenvalue weighted by Crippen LogP contribution is 2.26. The van der Waals surface area contributed by atoms with Crippen LogP contribution in [0.5, 0.6) is 5.75 Å². The fourth-order valence-electron chi connectivity index (χ4n) is 1.63. The summed E-state index contributed by atoms with van der Waals surface area (Å²) in [5.74, 6) is 1.59. The van der Waals surface area contributed by atoms with Crippen LogP contribution in [0, 0.1) is 6.92 Å². The molecule has 8 heteroatoms. The molecule has 0 atom stereocenters. The zero-order valence-electron chi connectivity index (χ0n) is 11.7. The fraction of sp³-hybridized carbons (Fsp3) is 0.214. The van der Waals surface area contributed by atoms with Crippen LogP contribution in [0.2, 0.25) is 5.02 Å². The summed E-state index contributed by atoms with van der Waals surface area (Å²) in [6, 6.07) is 7.32. The van der Waals surface area contributed by atoms with Crippen LogP contribution in [0.1, 0.15) is 15.7 Å². The molecule has 0 saturated carbocycles. The number of aryl methyl sites for hydroxylation is 1. The van der Waals surface area contributed by atoms with E-state index in [0.717, 1.165) is 31.6 Å². The molecule has 0 bridgehead atoms. The molecule has 2 heterocycles. The summed E-state index contributed by atoms with van der Waals surface area (Å²) in [7, 11) is 0. The fourth-order valence-corrected chi connectivity index (χ4v) is 4.27. The number of ether oxygens (including phenoxy) is 1. The third-order valence-electron chi connectivity index (χ3n) is 2.63. The largest absolute Gasteiger partial charge is 0.486 e. The van der Waals surface area contributed by atoms with Crippen LogP contribution in [-0.4, -0.2) is 15.2 Å². The van der Waals surface area contributed by atoms with E-state index in [1.807, 2.05) is 31.2 Å². The lowest BCUT2D eigenvalue weighted by atomic mass is 10.3. The van der Waals surface area contributed by atoms with Crippen molar-refractivity contribution in [2.24, 2.45) is 0 Å². The van der Waals surface area contributed by atoms with Gasteiger partial charge in [0.15, 0.2) is 4.34 Å². The summed E-state index contributed by atoms with van der Waals surface area (Å²) in [6.45, 7) is 2.42. The highest BCUT2D eigenvalue weighted by molar-refractivity contribution is 8.00. The van der Waals surface area contributed by atoms with Crippen molar-refractivity contribution in [3.8, 4) is 5.75 Å². The van der Waals surface area contributed by atoms with E-state index in [9.17, 15) is 0 Å². The van der Waals surface area contributed by atoms with Crippen LogP contribution in [0.25, 0.3) is 0 Å². The maximum absolute atomic E-state index is 5.84. The lowest BCUT2D eigenvalue weighted by molar-refractivity contribution is 0.305. The van der Waals surface area contributed by atoms with Crippen molar-refractivity contribution in [1.29, 1.82) is 0 Å². The van der Waals surface area contributed by atoms with Gasteiger partial charge < -0.3 is 4.74 Å². The third-order valence-corrected chi connectivity index (χ3v) is 5.75. The second-order valence-electron chi connectivity index (χ2n) is 4.35. The molecule has 0 amide bonds. The van der Waals surface area contributed by atoms with Gasteiger partial charge in [0.25, 0.3) is 0 Å². The Kier molecular flexibility index (Phi) is 5.30. The van der Waals surface area contributed by atoms with E-state index in [1.54, 1.807) is 34.4 Å². The van der Waals surface area contributed by atoms with Gasteiger partial charge >= 0.3 is 0 Å².